The van der Waals surface area contributed by atoms with Crippen molar-refractivity contribution < 1.29 is 9.66 Å². The van der Waals surface area contributed by atoms with Gasteiger partial charge in [0.15, 0.2) is 0 Å². The van der Waals surface area contributed by atoms with Crippen LogP contribution in [0, 0.1) is 24.0 Å². The van der Waals surface area contributed by atoms with Gasteiger partial charge in [0.2, 0.25) is 0 Å². The van der Waals surface area contributed by atoms with Crippen LogP contribution in [-0.2, 0) is 0 Å². The fourth-order valence-electron chi connectivity index (χ4n) is 1.58. The van der Waals surface area contributed by atoms with Crippen molar-refractivity contribution in [3.63, 3.8) is 0 Å². The second kappa shape index (κ2) is 5.31. The first-order valence-corrected chi connectivity index (χ1v) is 6.17. The molecule has 1 heterocycles. The number of nitrogens with zero attached hydrogens (tertiary/aromatic N) is 3. The molecule has 0 saturated heterocycles. The maximum absolute atomic E-state index is 10.9. The summed E-state index contributed by atoms with van der Waals surface area (Å²) in [6, 6.07) is 3.23. The first-order chi connectivity index (χ1) is 8.97. The predicted octanol–water partition coefficient (Wildman–Crippen LogP) is 3.56. The highest BCUT2D eigenvalue weighted by Crippen LogP contribution is 2.30. The van der Waals surface area contributed by atoms with E-state index >= 15 is 0 Å². The molecule has 1 aromatic heterocycles. The molecule has 1 aromatic carbocycles. The first kappa shape index (κ1) is 13.4. The molecule has 0 radical (unpaired) electrons. The number of hydrogen-bond donors (Lipinski definition) is 0. The lowest BCUT2D eigenvalue weighted by Gasteiger charge is -2.08. The van der Waals surface area contributed by atoms with Crippen LogP contribution in [0.3, 0.4) is 0 Å². The Balaban J connectivity index is 2.37. The molecule has 98 valence electrons. The van der Waals surface area contributed by atoms with E-state index in [2.05, 4.69) is 25.9 Å². The molecule has 2 aromatic rings. The van der Waals surface area contributed by atoms with E-state index in [9.17, 15) is 10.1 Å². The van der Waals surface area contributed by atoms with Gasteiger partial charge in [-0.3, -0.25) is 10.1 Å². The number of hydrogen-bond acceptors (Lipinski definition) is 5. The summed E-state index contributed by atoms with van der Waals surface area (Å²) < 4.78 is 6.19. The summed E-state index contributed by atoms with van der Waals surface area (Å²) in [5.41, 5.74) is 1.39. The molecule has 0 N–H and O–H groups in total. The zero-order chi connectivity index (χ0) is 14.0. The van der Waals surface area contributed by atoms with Crippen LogP contribution in [0.1, 0.15) is 11.1 Å². The third kappa shape index (κ3) is 3.05. The summed E-state index contributed by atoms with van der Waals surface area (Å²) in [5, 5.41) is 10.9. The van der Waals surface area contributed by atoms with Crippen molar-refractivity contribution >= 4 is 21.6 Å². The highest BCUT2D eigenvalue weighted by atomic mass is 79.9. The molecule has 19 heavy (non-hydrogen) atoms. The van der Waals surface area contributed by atoms with Crippen LogP contribution in [-0.4, -0.2) is 14.9 Å². The highest BCUT2D eigenvalue weighted by molar-refractivity contribution is 9.10. The van der Waals surface area contributed by atoms with Crippen molar-refractivity contribution in [3.8, 4) is 11.8 Å². The largest absolute Gasteiger partial charge is 0.424 e. The first-order valence-electron chi connectivity index (χ1n) is 5.38. The van der Waals surface area contributed by atoms with Crippen LogP contribution in [0.4, 0.5) is 5.69 Å². The normalized spacial score (nSPS) is 10.3. The second-order valence-electron chi connectivity index (χ2n) is 3.95. The van der Waals surface area contributed by atoms with Gasteiger partial charge in [-0.2, -0.15) is 0 Å². The Morgan fingerprint density at radius 3 is 2.42 bits per heavy atom. The van der Waals surface area contributed by atoms with Gasteiger partial charge in [0, 0.05) is 18.0 Å². The summed E-state index contributed by atoms with van der Waals surface area (Å²) >= 11 is 3.22. The number of ether oxygens (including phenoxy) is 1. The second-order valence-corrected chi connectivity index (χ2v) is 4.86. The van der Waals surface area contributed by atoms with Crippen LogP contribution in [0.25, 0.3) is 0 Å². The van der Waals surface area contributed by atoms with Crippen molar-refractivity contribution in [1.29, 1.82) is 0 Å². The molecule has 0 saturated carbocycles. The third-order valence-corrected chi connectivity index (χ3v) is 2.90. The van der Waals surface area contributed by atoms with Crippen molar-refractivity contribution in [2.45, 2.75) is 13.8 Å². The molecule has 6 nitrogen and oxygen atoms in total. The number of halogens is 1. The molecule has 0 aliphatic heterocycles. The molecule has 0 aliphatic carbocycles. The Hall–Kier alpha value is -2.02. The SMILES string of the molecule is Cc1cc(C)c([N+](=O)[O-])cc1Oc1ncc(Br)cn1. The van der Waals surface area contributed by atoms with Gasteiger partial charge in [-0.15, -0.1) is 0 Å². The Labute approximate surface area is 117 Å². The van der Waals surface area contributed by atoms with Gasteiger partial charge in [-0.1, -0.05) is 0 Å². The number of aromatic nitrogens is 2. The van der Waals surface area contributed by atoms with Gasteiger partial charge in [0.05, 0.1) is 15.5 Å². The molecule has 0 atom stereocenters. The molecule has 7 heteroatoms. The van der Waals surface area contributed by atoms with Gasteiger partial charge in [0.1, 0.15) is 5.75 Å². The summed E-state index contributed by atoms with van der Waals surface area (Å²) in [7, 11) is 0. The van der Waals surface area contributed by atoms with E-state index in [0.29, 0.717) is 11.3 Å². The lowest BCUT2D eigenvalue weighted by molar-refractivity contribution is -0.385. The van der Waals surface area contributed by atoms with Gasteiger partial charge in [0.25, 0.3) is 5.69 Å². The molecular weight excluding hydrogens is 314 g/mol. The van der Waals surface area contributed by atoms with Gasteiger partial charge in [-0.25, -0.2) is 9.97 Å². The molecule has 0 fully saturated rings. The minimum Gasteiger partial charge on any atom is -0.424 e. The van der Waals surface area contributed by atoms with E-state index in [-0.39, 0.29) is 11.7 Å². The van der Waals surface area contributed by atoms with E-state index in [1.165, 1.54) is 6.07 Å². The number of aryl methyl sites for hydroxylation is 2. The van der Waals surface area contributed by atoms with Crippen LogP contribution >= 0.6 is 15.9 Å². The van der Waals surface area contributed by atoms with Crippen molar-refractivity contribution in [2.75, 3.05) is 0 Å². The predicted molar refractivity (Wildman–Crippen MR) is 72.4 cm³/mol. The quantitative estimate of drug-likeness (QED) is 0.637. The number of benzene rings is 1. The summed E-state index contributed by atoms with van der Waals surface area (Å²) in [6.07, 6.45) is 3.08. The van der Waals surface area contributed by atoms with Gasteiger partial charge < -0.3 is 4.74 Å². The molecule has 0 spiro atoms. The monoisotopic (exact) mass is 323 g/mol. The number of rotatable bonds is 3. The zero-order valence-corrected chi connectivity index (χ0v) is 11.8. The third-order valence-electron chi connectivity index (χ3n) is 2.49. The van der Waals surface area contributed by atoms with E-state index in [4.69, 9.17) is 4.74 Å². The van der Waals surface area contributed by atoms with E-state index in [0.717, 1.165) is 10.0 Å². The van der Waals surface area contributed by atoms with E-state index in [1.807, 2.05) is 6.92 Å². The minimum absolute atomic E-state index is 0.0118. The average Bonchev–Trinajstić information content (AvgIpc) is 2.34. The molecule has 0 amide bonds. The standard InChI is InChI=1S/C12H10BrN3O3/c1-7-3-8(2)11(4-10(7)16(17)18)19-12-14-5-9(13)6-15-12/h3-6H,1-2H3. The lowest BCUT2D eigenvalue weighted by Crippen LogP contribution is -1.97. The maximum Gasteiger partial charge on any atom is 0.321 e. The summed E-state index contributed by atoms with van der Waals surface area (Å²) in [4.78, 5) is 18.4. The summed E-state index contributed by atoms with van der Waals surface area (Å²) in [6.45, 7) is 3.50. The summed E-state index contributed by atoms with van der Waals surface area (Å²) in [5.74, 6) is 0.375. The highest BCUT2D eigenvalue weighted by Gasteiger charge is 2.15. The lowest BCUT2D eigenvalue weighted by atomic mass is 10.1. The van der Waals surface area contributed by atoms with Crippen LogP contribution in [0.5, 0.6) is 11.8 Å². The van der Waals surface area contributed by atoms with Crippen molar-refractivity contribution in [2.24, 2.45) is 0 Å². The molecule has 2 rings (SSSR count). The molecule has 0 unspecified atom stereocenters. The van der Waals surface area contributed by atoms with Gasteiger partial charge in [-0.05, 0) is 41.4 Å². The van der Waals surface area contributed by atoms with Crippen LogP contribution < -0.4 is 4.74 Å². The average molecular weight is 324 g/mol. The van der Waals surface area contributed by atoms with Crippen molar-refractivity contribution in [1.82, 2.24) is 9.97 Å². The number of nitro benzene ring substituents is 1. The van der Waals surface area contributed by atoms with Crippen LogP contribution in [0.2, 0.25) is 0 Å². The minimum atomic E-state index is -0.440. The fourth-order valence-corrected chi connectivity index (χ4v) is 1.78. The Kier molecular flexibility index (Phi) is 3.75. The van der Waals surface area contributed by atoms with E-state index < -0.39 is 4.92 Å². The number of nitro groups is 1. The molecule has 0 aliphatic rings. The Morgan fingerprint density at radius 2 is 1.84 bits per heavy atom. The van der Waals surface area contributed by atoms with Crippen LogP contribution in [0.15, 0.2) is 29.0 Å². The van der Waals surface area contributed by atoms with Crippen molar-refractivity contribution in [3.05, 3.63) is 50.2 Å². The zero-order valence-electron chi connectivity index (χ0n) is 10.3. The van der Waals surface area contributed by atoms with Gasteiger partial charge >= 0.3 is 6.01 Å². The van der Waals surface area contributed by atoms with E-state index in [1.54, 1.807) is 25.4 Å². The topological polar surface area (TPSA) is 78.2 Å². The Bertz CT molecular complexity index is 629. The fraction of sp³-hybridized carbons (Fsp3) is 0.167. The Morgan fingerprint density at radius 1 is 1.21 bits per heavy atom. The molecule has 0 bridgehead atoms. The maximum atomic E-state index is 10.9. The molecular formula is C12H10BrN3O3. The smallest absolute Gasteiger partial charge is 0.321 e.